The summed E-state index contributed by atoms with van der Waals surface area (Å²) in [6, 6.07) is 0. The Labute approximate surface area is 109 Å². The average molecular weight is 274 g/mol. The van der Waals surface area contributed by atoms with E-state index >= 15 is 0 Å². The van der Waals surface area contributed by atoms with Gasteiger partial charge in [-0.15, -0.1) is 0 Å². The lowest BCUT2D eigenvalue weighted by Crippen LogP contribution is -2.34. The maximum atomic E-state index is 12.0. The van der Waals surface area contributed by atoms with Gasteiger partial charge >= 0.3 is 0 Å². The smallest absolute Gasteiger partial charge is 0.215 e. The fourth-order valence-electron chi connectivity index (χ4n) is 1.51. The van der Waals surface area contributed by atoms with Crippen LogP contribution in [0.5, 0.6) is 0 Å². The number of imidazole rings is 1. The van der Waals surface area contributed by atoms with Gasteiger partial charge in [0.25, 0.3) is 0 Å². The van der Waals surface area contributed by atoms with E-state index in [9.17, 15) is 8.42 Å². The molecule has 0 aromatic carbocycles. The zero-order chi connectivity index (χ0) is 13.6. The number of nitrogens with one attached hydrogen (secondary N) is 1. The topological polar surface area (TPSA) is 67.2 Å². The zero-order valence-corrected chi connectivity index (χ0v) is 12.1. The molecule has 0 spiro atoms. The van der Waals surface area contributed by atoms with Crippen LogP contribution in [0.3, 0.4) is 0 Å². The molecule has 0 radical (unpaired) electrons. The molecule has 0 saturated carbocycles. The molecule has 1 N–H and O–H groups in total. The van der Waals surface area contributed by atoms with E-state index < -0.39 is 10.0 Å². The van der Waals surface area contributed by atoms with Gasteiger partial charge in [0.15, 0.2) is 0 Å². The van der Waals surface area contributed by atoms with Gasteiger partial charge in [-0.25, -0.2) is 13.4 Å². The molecule has 0 atom stereocenters. The minimum Gasteiger partial charge on any atom is -0.337 e. The van der Waals surface area contributed by atoms with Crippen LogP contribution in [0.1, 0.15) is 19.2 Å². The maximum absolute atomic E-state index is 12.0. The SMILES string of the molecule is CCCNCCS(=O)(=O)N(C)Cc1nccn1C. The Morgan fingerprint density at radius 2 is 2.17 bits per heavy atom. The number of rotatable bonds is 8. The van der Waals surface area contributed by atoms with Crippen molar-refractivity contribution in [3.63, 3.8) is 0 Å². The van der Waals surface area contributed by atoms with E-state index in [4.69, 9.17) is 0 Å². The van der Waals surface area contributed by atoms with Crippen molar-refractivity contribution in [3.05, 3.63) is 18.2 Å². The summed E-state index contributed by atoms with van der Waals surface area (Å²) in [5.41, 5.74) is 0. The van der Waals surface area contributed by atoms with Crippen LogP contribution in [-0.2, 0) is 23.6 Å². The Balaban J connectivity index is 2.49. The van der Waals surface area contributed by atoms with Crippen LogP contribution >= 0.6 is 0 Å². The molecule has 1 aromatic rings. The molecule has 1 heterocycles. The second kappa shape index (κ2) is 6.86. The first-order valence-electron chi connectivity index (χ1n) is 6.08. The van der Waals surface area contributed by atoms with Crippen molar-refractivity contribution in [1.82, 2.24) is 19.2 Å². The Morgan fingerprint density at radius 1 is 1.44 bits per heavy atom. The lowest BCUT2D eigenvalue weighted by atomic mass is 10.5. The second-order valence-corrected chi connectivity index (χ2v) is 6.47. The van der Waals surface area contributed by atoms with Gasteiger partial charge in [-0.2, -0.15) is 4.31 Å². The summed E-state index contributed by atoms with van der Waals surface area (Å²) in [5.74, 6) is 0.857. The molecule has 18 heavy (non-hydrogen) atoms. The molecular weight excluding hydrogens is 252 g/mol. The van der Waals surface area contributed by atoms with E-state index in [0.29, 0.717) is 13.1 Å². The summed E-state index contributed by atoms with van der Waals surface area (Å²) in [6.45, 7) is 3.69. The summed E-state index contributed by atoms with van der Waals surface area (Å²) in [5, 5.41) is 3.09. The lowest BCUT2D eigenvalue weighted by molar-refractivity contribution is 0.450. The Bertz CT molecular complexity index is 455. The van der Waals surface area contributed by atoms with Gasteiger partial charge in [-0.05, 0) is 13.0 Å². The van der Waals surface area contributed by atoms with Gasteiger partial charge in [0, 0.05) is 33.0 Å². The van der Waals surface area contributed by atoms with E-state index in [1.807, 2.05) is 11.6 Å². The first kappa shape index (κ1) is 15.1. The Morgan fingerprint density at radius 3 is 2.72 bits per heavy atom. The van der Waals surface area contributed by atoms with Crippen molar-refractivity contribution in [2.45, 2.75) is 19.9 Å². The molecule has 0 aliphatic rings. The van der Waals surface area contributed by atoms with Crippen molar-refractivity contribution in [2.24, 2.45) is 7.05 Å². The molecule has 104 valence electrons. The molecule has 0 fully saturated rings. The van der Waals surface area contributed by atoms with Crippen LogP contribution in [0.2, 0.25) is 0 Å². The van der Waals surface area contributed by atoms with Crippen LogP contribution in [0, 0.1) is 0 Å². The molecular formula is C11H22N4O2S. The number of hydrogen-bond donors (Lipinski definition) is 1. The fraction of sp³-hybridized carbons (Fsp3) is 0.727. The molecule has 0 aliphatic carbocycles. The number of sulfonamides is 1. The molecule has 1 rings (SSSR count). The predicted molar refractivity (Wildman–Crippen MR) is 71.6 cm³/mol. The summed E-state index contributed by atoms with van der Waals surface area (Å²) < 4.78 is 27.1. The van der Waals surface area contributed by atoms with E-state index in [-0.39, 0.29) is 5.75 Å². The molecule has 0 unspecified atom stereocenters. The van der Waals surface area contributed by atoms with Gasteiger partial charge in [0.05, 0.1) is 12.3 Å². The minimum atomic E-state index is -3.22. The highest BCUT2D eigenvalue weighted by molar-refractivity contribution is 7.89. The third-order valence-electron chi connectivity index (χ3n) is 2.72. The van der Waals surface area contributed by atoms with Crippen LogP contribution < -0.4 is 5.32 Å². The van der Waals surface area contributed by atoms with E-state index in [0.717, 1.165) is 18.8 Å². The molecule has 0 bridgehead atoms. The normalized spacial score (nSPS) is 12.2. The molecule has 1 aromatic heterocycles. The highest BCUT2D eigenvalue weighted by Crippen LogP contribution is 2.04. The third-order valence-corrected chi connectivity index (χ3v) is 4.52. The van der Waals surface area contributed by atoms with Gasteiger partial charge in [-0.1, -0.05) is 6.92 Å². The minimum absolute atomic E-state index is 0.119. The summed E-state index contributed by atoms with van der Waals surface area (Å²) in [7, 11) is 0.224. The third kappa shape index (κ3) is 4.40. The zero-order valence-electron chi connectivity index (χ0n) is 11.3. The van der Waals surface area contributed by atoms with Gasteiger partial charge in [0.2, 0.25) is 10.0 Å². The van der Waals surface area contributed by atoms with Gasteiger partial charge in [-0.3, -0.25) is 0 Å². The second-order valence-electron chi connectivity index (χ2n) is 4.28. The van der Waals surface area contributed by atoms with E-state index in [2.05, 4.69) is 17.2 Å². The standard InChI is InChI=1S/C11H22N4O2S/c1-4-5-12-7-9-18(16,17)15(3)10-11-13-6-8-14(11)2/h6,8,12H,4-5,7,9-10H2,1-3H3. The van der Waals surface area contributed by atoms with Crippen molar-refractivity contribution in [2.75, 3.05) is 25.9 Å². The number of nitrogens with zero attached hydrogens (tertiary/aromatic N) is 3. The predicted octanol–water partition coefficient (Wildman–Crippen LogP) is 0.181. The molecule has 6 nitrogen and oxygen atoms in total. The van der Waals surface area contributed by atoms with Crippen molar-refractivity contribution >= 4 is 10.0 Å². The summed E-state index contributed by atoms with van der Waals surface area (Å²) in [6.07, 6.45) is 4.47. The van der Waals surface area contributed by atoms with Crippen LogP contribution in [0.15, 0.2) is 12.4 Å². The molecule has 0 saturated heterocycles. The van der Waals surface area contributed by atoms with Crippen molar-refractivity contribution in [3.8, 4) is 0 Å². The van der Waals surface area contributed by atoms with Gasteiger partial charge in [0.1, 0.15) is 5.82 Å². The fourth-order valence-corrected chi connectivity index (χ4v) is 2.53. The van der Waals surface area contributed by atoms with E-state index in [1.54, 1.807) is 19.4 Å². The van der Waals surface area contributed by atoms with Crippen molar-refractivity contribution in [1.29, 1.82) is 0 Å². The van der Waals surface area contributed by atoms with Gasteiger partial charge < -0.3 is 9.88 Å². The Kier molecular flexibility index (Phi) is 5.77. The lowest BCUT2D eigenvalue weighted by Gasteiger charge is -2.17. The first-order valence-corrected chi connectivity index (χ1v) is 7.69. The first-order chi connectivity index (χ1) is 8.47. The number of hydrogen-bond acceptors (Lipinski definition) is 4. The summed E-state index contributed by atoms with van der Waals surface area (Å²) in [4.78, 5) is 4.12. The molecule has 7 heteroatoms. The van der Waals surface area contributed by atoms with Crippen LogP contribution in [-0.4, -0.2) is 48.2 Å². The highest BCUT2D eigenvalue weighted by Gasteiger charge is 2.18. The quantitative estimate of drug-likeness (QED) is 0.687. The summed E-state index contributed by atoms with van der Waals surface area (Å²) >= 11 is 0. The van der Waals surface area contributed by atoms with Crippen LogP contribution in [0.25, 0.3) is 0 Å². The van der Waals surface area contributed by atoms with Crippen LogP contribution in [0.4, 0.5) is 0 Å². The average Bonchev–Trinajstić information content (AvgIpc) is 2.71. The molecule has 0 aliphatic heterocycles. The largest absolute Gasteiger partial charge is 0.337 e. The van der Waals surface area contributed by atoms with E-state index in [1.165, 1.54) is 4.31 Å². The number of aryl methyl sites for hydroxylation is 1. The highest BCUT2D eigenvalue weighted by atomic mass is 32.2. The maximum Gasteiger partial charge on any atom is 0.215 e. The Hall–Kier alpha value is -0.920. The number of aromatic nitrogens is 2. The van der Waals surface area contributed by atoms with Crippen molar-refractivity contribution < 1.29 is 8.42 Å². The monoisotopic (exact) mass is 274 g/mol. The molecule has 0 amide bonds.